The summed E-state index contributed by atoms with van der Waals surface area (Å²) in [5, 5.41) is 4.15. The van der Waals surface area contributed by atoms with Gasteiger partial charge in [-0.3, -0.25) is 4.68 Å². The van der Waals surface area contributed by atoms with Crippen LogP contribution in [0.3, 0.4) is 0 Å². The third kappa shape index (κ3) is 1.61. The minimum absolute atomic E-state index is 0.728. The van der Waals surface area contributed by atoms with Crippen molar-refractivity contribution in [2.24, 2.45) is 7.05 Å². The molecule has 0 unspecified atom stereocenters. The number of nitrogens with zero attached hydrogens (tertiary/aromatic N) is 2. The number of hydrogen-bond acceptors (Lipinski definition) is 2. The number of hydrogen-bond donors (Lipinski definition) is 1. The van der Waals surface area contributed by atoms with Crippen LogP contribution in [0.1, 0.15) is 11.1 Å². The minimum atomic E-state index is 0.728. The fourth-order valence-corrected chi connectivity index (χ4v) is 1.78. The molecule has 0 aliphatic heterocycles. The molecule has 15 heavy (non-hydrogen) atoms. The van der Waals surface area contributed by atoms with Gasteiger partial charge < -0.3 is 5.73 Å². The molecule has 3 nitrogen and oxygen atoms in total. The Labute approximate surface area is 89.5 Å². The Morgan fingerprint density at radius 3 is 2.60 bits per heavy atom. The van der Waals surface area contributed by atoms with Gasteiger partial charge in [0.15, 0.2) is 0 Å². The minimum Gasteiger partial charge on any atom is -0.396 e. The second kappa shape index (κ2) is 3.42. The molecule has 0 saturated heterocycles. The lowest BCUT2D eigenvalue weighted by Crippen LogP contribution is -1.97. The molecule has 78 valence electrons. The smallest absolute Gasteiger partial charge is 0.0911 e. The van der Waals surface area contributed by atoms with E-state index in [0.717, 1.165) is 16.9 Å². The molecule has 0 bridgehead atoms. The number of rotatable bonds is 1. The third-order valence-electron chi connectivity index (χ3n) is 2.62. The van der Waals surface area contributed by atoms with Crippen LogP contribution in [0, 0.1) is 13.8 Å². The molecule has 1 aromatic carbocycles. The largest absolute Gasteiger partial charge is 0.396 e. The zero-order valence-corrected chi connectivity index (χ0v) is 9.28. The van der Waals surface area contributed by atoms with Gasteiger partial charge in [0.2, 0.25) is 0 Å². The topological polar surface area (TPSA) is 43.8 Å². The highest BCUT2D eigenvalue weighted by Gasteiger charge is 2.10. The van der Waals surface area contributed by atoms with Crippen molar-refractivity contribution in [3.8, 4) is 11.3 Å². The van der Waals surface area contributed by atoms with Crippen molar-refractivity contribution < 1.29 is 0 Å². The van der Waals surface area contributed by atoms with Gasteiger partial charge in [-0.25, -0.2) is 0 Å². The van der Waals surface area contributed by atoms with Gasteiger partial charge in [-0.2, -0.15) is 5.10 Å². The molecule has 0 radical (unpaired) electrons. The fourth-order valence-electron chi connectivity index (χ4n) is 1.78. The standard InChI is InChI=1S/C12H15N3/c1-8-4-5-9(2)10(6-8)12-11(13)7-14-15(12)3/h4-7H,13H2,1-3H3. The summed E-state index contributed by atoms with van der Waals surface area (Å²) < 4.78 is 1.82. The molecule has 1 heterocycles. The van der Waals surface area contributed by atoms with Crippen LogP contribution in [0.4, 0.5) is 5.69 Å². The first-order valence-corrected chi connectivity index (χ1v) is 4.94. The van der Waals surface area contributed by atoms with Crippen molar-refractivity contribution in [3.63, 3.8) is 0 Å². The Hall–Kier alpha value is -1.77. The molecule has 0 spiro atoms. The Kier molecular flexibility index (Phi) is 2.23. The van der Waals surface area contributed by atoms with Crippen LogP contribution < -0.4 is 5.73 Å². The van der Waals surface area contributed by atoms with Crippen LogP contribution in [0.5, 0.6) is 0 Å². The third-order valence-corrected chi connectivity index (χ3v) is 2.62. The van der Waals surface area contributed by atoms with Gasteiger partial charge in [0.25, 0.3) is 0 Å². The molecule has 0 fully saturated rings. The second-order valence-corrected chi connectivity index (χ2v) is 3.89. The van der Waals surface area contributed by atoms with Gasteiger partial charge in [-0.1, -0.05) is 17.7 Å². The van der Waals surface area contributed by atoms with Crippen LogP contribution in [0.2, 0.25) is 0 Å². The number of aryl methyl sites for hydroxylation is 3. The molecular weight excluding hydrogens is 186 g/mol. The zero-order chi connectivity index (χ0) is 11.0. The molecule has 1 aromatic heterocycles. The van der Waals surface area contributed by atoms with Crippen LogP contribution >= 0.6 is 0 Å². The lowest BCUT2D eigenvalue weighted by molar-refractivity contribution is 0.775. The Balaban J connectivity index is 2.68. The average Bonchev–Trinajstić information content (AvgIpc) is 2.51. The molecule has 2 N–H and O–H groups in total. The second-order valence-electron chi connectivity index (χ2n) is 3.89. The summed E-state index contributed by atoms with van der Waals surface area (Å²) in [6, 6.07) is 6.35. The highest BCUT2D eigenvalue weighted by Crippen LogP contribution is 2.28. The maximum Gasteiger partial charge on any atom is 0.0911 e. The van der Waals surface area contributed by atoms with E-state index in [9.17, 15) is 0 Å². The Bertz CT molecular complexity index is 478. The summed E-state index contributed by atoms with van der Waals surface area (Å²) in [5.41, 5.74) is 11.2. The number of aromatic nitrogens is 2. The molecule has 2 rings (SSSR count). The van der Waals surface area contributed by atoms with Gasteiger partial charge in [-0.15, -0.1) is 0 Å². The van der Waals surface area contributed by atoms with Gasteiger partial charge in [0.1, 0.15) is 0 Å². The van der Waals surface area contributed by atoms with E-state index in [1.54, 1.807) is 6.20 Å². The molecule has 0 amide bonds. The highest BCUT2D eigenvalue weighted by atomic mass is 15.3. The molecule has 2 aromatic rings. The van der Waals surface area contributed by atoms with Gasteiger partial charge >= 0.3 is 0 Å². The summed E-state index contributed by atoms with van der Waals surface area (Å²) in [7, 11) is 1.91. The van der Waals surface area contributed by atoms with Crippen LogP contribution in [0.15, 0.2) is 24.4 Å². The van der Waals surface area contributed by atoms with Crippen molar-refractivity contribution in [1.29, 1.82) is 0 Å². The predicted molar refractivity (Wildman–Crippen MR) is 62.5 cm³/mol. The van der Waals surface area contributed by atoms with E-state index >= 15 is 0 Å². The predicted octanol–water partition coefficient (Wildman–Crippen LogP) is 2.29. The molecule has 0 aliphatic carbocycles. The summed E-state index contributed by atoms with van der Waals surface area (Å²) in [6.45, 7) is 4.16. The molecule has 0 saturated carbocycles. The van der Waals surface area contributed by atoms with E-state index in [1.165, 1.54) is 11.1 Å². The number of benzene rings is 1. The van der Waals surface area contributed by atoms with Crippen LogP contribution in [0.25, 0.3) is 11.3 Å². The van der Waals surface area contributed by atoms with Crippen molar-refractivity contribution in [2.75, 3.05) is 5.73 Å². The van der Waals surface area contributed by atoms with Gasteiger partial charge in [-0.05, 0) is 25.5 Å². The quantitative estimate of drug-likeness (QED) is 0.769. The lowest BCUT2D eigenvalue weighted by Gasteiger charge is -2.08. The highest BCUT2D eigenvalue weighted by molar-refractivity contribution is 5.75. The normalized spacial score (nSPS) is 10.6. The summed E-state index contributed by atoms with van der Waals surface area (Å²) in [4.78, 5) is 0. The number of anilines is 1. The first kappa shape index (κ1) is 9.77. The summed E-state index contributed by atoms with van der Waals surface area (Å²) in [6.07, 6.45) is 1.69. The number of nitrogen functional groups attached to an aromatic ring is 1. The average molecular weight is 201 g/mol. The maximum atomic E-state index is 5.91. The summed E-state index contributed by atoms with van der Waals surface area (Å²) >= 11 is 0. The van der Waals surface area contributed by atoms with Crippen molar-refractivity contribution in [2.45, 2.75) is 13.8 Å². The molecular formula is C12H15N3. The fraction of sp³-hybridized carbons (Fsp3) is 0.250. The molecule has 3 heteroatoms. The van der Waals surface area contributed by atoms with E-state index in [0.29, 0.717) is 0 Å². The SMILES string of the molecule is Cc1ccc(C)c(-c2c(N)cnn2C)c1. The van der Waals surface area contributed by atoms with E-state index in [2.05, 4.69) is 37.1 Å². The monoisotopic (exact) mass is 201 g/mol. The Morgan fingerprint density at radius 2 is 2.00 bits per heavy atom. The van der Waals surface area contributed by atoms with Crippen molar-refractivity contribution in [1.82, 2.24) is 9.78 Å². The van der Waals surface area contributed by atoms with Crippen molar-refractivity contribution in [3.05, 3.63) is 35.5 Å². The first-order valence-electron chi connectivity index (χ1n) is 4.94. The molecule has 0 aliphatic rings. The van der Waals surface area contributed by atoms with E-state index < -0.39 is 0 Å². The van der Waals surface area contributed by atoms with E-state index in [4.69, 9.17) is 5.73 Å². The Morgan fingerprint density at radius 1 is 1.27 bits per heavy atom. The maximum absolute atomic E-state index is 5.91. The van der Waals surface area contributed by atoms with Crippen molar-refractivity contribution >= 4 is 5.69 Å². The van der Waals surface area contributed by atoms with Crippen LogP contribution in [-0.2, 0) is 7.05 Å². The summed E-state index contributed by atoms with van der Waals surface area (Å²) in [5.74, 6) is 0. The van der Waals surface area contributed by atoms with Crippen LogP contribution in [-0.4, -0.2) is 9.78 Å². The first-order chi connectivity index (χ1) is 7.09. The van der Waals surface area contributed by atoms with Gasteiger partial charge in [0.05, 0.1) is 17.6 Å². The number of nitrogens with two attached hydrogens (primary N) is 1. The molecule has 0 atom stereocenters. The van der Waals surface area contributed by atoms with E-state index in [-0.39, 0.29) is 0 Å². The van der Waals surface area contributed by atoms with Gasteiger partial charge in [0, 0.05) is 12.6 Å². The van der Waals surface area contributed by atoms with E-state index in [1.807, 2.05) is 11.7 Å². The zero-order valence-electron chi connectivity index (χ0n) is 9.28. The lowest BCUT2D eigenvalue weighted by atomic mass is 10.0.